The van der Waals surface area contributed by atoms with Crippen LogP contribution in [-0.2, 0) is 12.7 Å². The highest BCUT2D eigenvalue weighted by molar-refractivity contribution is 5.99. The molecule has 2 heterocycles. The topological polar surface area (TPSA) is 78.4 Å². The number of methoxy groups -OCH3 is 3. The highest BCUT2D eigenvalue weighted by Crippen LogP contribution is 2.39. The van der Waals surface area contributed by atoms with Crippen LogP contribution in [0.4, 0.5) is 19.0 Å². The minimum absolute atomic E-state index is 0.112. The molecule has 2 aromatic carbocycles. The number of benzene rings is 2. The summed E-state index contributed by atoms with van der Waals surface area (Å²) in [5.41, 5.74) is 2.09. The average molecular weight is 499 g/mol. The molecule has 0 fully saturated rings. The van der Waals surface area contributed by atoms with Crippen molar-refractivity contribution in [2.24, 2.45) is 0 Å². The largest absolute Gasteiger partial charge is 0.497 e. The number of nitrogens with zero attached hydrogens (tertiary/aromatic N) is 3. The van der Waals surface area contributed by atoms with Gasteiger partial charge in [0.05, 0.1) is 27.0 Å². The van der Waals surface area contributed by atoms with Gasteiger partial charge in [-0.15, -0.1) is 0 Å². The highest BCUT2D eigenvalue weighted by Gasteiger charge is 2.34. The van der Waals surface area contributed by atoms with Gasteiger partial charge in [-0.05, 0) is 43.7 Å². The van der Waals surface area contributed by atoms with E-state index in [9.17, 15) is 13.2 Å². The van der Waals surface area contributed by atoms with Gasteiger partial charge in [0.15, 0.2) is 0 Å². The monoisotopic (exact) mass is 498 g/mol. The van der Waals surface area contributed by atoms with Gasteiger partial charge in [0.1, 0.15) is 40.6 Å². The Balaban J connectivity index is 1.88. The fourth-order valence-corrected chi connectivity index (χ4v) is 4.11. The highest BCUT2D eigenvalue weighted by atomic mass is 19.4. The van der Waals surface area contributed by atoms with Gasteiger partial charge in [-0.1, -0.05) is 6.07 Å². The van der Waals surface area contributed by atoms with Crippen molar-refractivity contribution in [3.05, 3.63) is 65.1 Å². The number of hydrogen-bond acceptors (Lipinski definition) is 7. The molecule has 10 heteroatoms. The summed E-state index contributed by atoms with van der Waals surface area (Å²) in [6.07, 6.45) is -3.37. The molecule has 0 saturated carbocycles. The van der Waals surface area contributed by atoms with E-state index in [-0.39, 0.29) is 23.4 Å². The zero-order chi connectivity index (χ0) is 26.0. The summed E-state index contributed by atoms with van der Waals surface area (Å²) in [7, 11) is 4.59. The van der Waals surface area contributed by atoms with Crippen molar-refractivity contribution >= 4 is 16.7 Å². The van der Waals surface area contributed by atoms with Gasteiger partial charge in [-0.25, -0.2) is 15.0 Å². The van der Waals surface area contributed by atoms with Crippen molar-refractivity contribution in [1.29, 1.82) is 0 Å². The number of nitrogens with one attached hydrogen (secondary N) is 1. The maximum Gasteiger partial charge on any atom is 0.433 e. The lowest BCUT2D eigenvalue weighted by Gasteiger charge is -2.18. The van der Waals surface area contributed by atoms with Gasteiger partial charge in [0.2, 0.25) is 0 Å². The van der Waals surface area contributed by atoms with Crippen LogP contribution in [0.25, 0.3) is 22.2 Å². The SMILES string of the molecule is COc1ccc(CNc2ncnc3c(-c4c(C)ccc(OC)c4C)nc(C(F)(F)F)cc23)c(OC)c1. The first-order valence-electron chi connectivity index (χ1n) is 11.0. The van der Waals surface area contributed by atoms with E-state index < -0.39 is 11.9 Å². The molecule has 1 N–H and O–H groups in total. The Morgan fingerprint density at radius 3 is 2.31 bits per heavy atom. The predicted molar refractivity (Wildman–Crippen MR) is 131 cm³/mol. The maximum absolute atomic E-state index is 13.9. The van der Waals surface area contributed by atoms with Gasteiger partial charge in [0.25, 0.3) is 0 Å². The van der Waals surface area contributed by atoms with Crippen LogP contribution in [0.15, 0.2) is 42.7 Å². The number of fused-ring (bicyclic) bond motifs is 1. The van der Waals surface area contributed by atoms with Crippen LogP contribution in [-0.4, -0.2) is 36.3 Å². The van der Waals surface area contributed by atoms with Crippen molar-refractivity contribution < 1.29 is 27.4 Å². The lowest BCUT2D eigenvalue weighted by Crippen LogP contribution is -2.11. The Bertz CT molecular complexity index is 1420. The lowest BCUT2D eigenvalue weighted by atomic mass is 9.96. The summed E-state index contributed by atoms with van der Waals surface area (Å²) in [6.45, 7) is 3.84. The van der Waals surface area contributed by atoms with E-state index in [4.69, 9.17) is 14.2 Å². The Labute approximate surface area is 206 Å². The first-order valence-corrected chi connectivity index (χ1v) is 11.0. The average Bonchev–Trinajstić information content (AvgIpc) is 2.86. The molecule has 36 heavy (non-hydrogen) atoms. The van der Waals surface area contributed by atoms with Gasteiger partial charge in [-0.3, -0.25) is 0 Å². The van der Waals surface area contributed by atoms with Gasteiger partial charge < -0.3 is 19.5 Å². The number of alkyl halides is 3. The molecule has 4 rings (SSSR count). The molecule has 188 valence electrons. The third-order valence-corrected chi connectivity index (χ3v) is 5.93. The van der Waals surface area contributed by atoms with Crippen molar-refractivity contribution in [3.8, 4) is 28.5 Å². The first kappa shape index (κ1) is 25.0. The number of ether oxygens (including phenoxy) is 3. The van der Waals surface area contributed by atoms with Crippen molar-refractivity contribution in [3.63, 3.8) is 0 Å². The molecule has 0 aliphatic heterocycles. The summed E-state index contributed by atoms with van der Waals surface area (Å²) in [5, 5.41) is 3.33. The molecular weight excluding hydrogens is 473 g/mol. The van der Waals surface area contributed by atoms with E-state index in [2.05, 4.69) is 20.3 Å². The Kier molecular flexibility index (Phi) is 6.87. The van der Waals surface area contributed by atoms with Crippen LogP contribution in [0.1, 0.15) is 22.4 Å². The first-order chi connectivity index (χ1) is 17.2. The Morgan fingerprint density at radius 2 is 1.64 bits per heavy atom. The number of pyridine rings is 1. The summed E-state index contributed by atoms with van der Waals surface area (Å²) in [6, 6.07) is 9.84. The molecule has 0 spiro atoms. The normalized spacial score (nSPS) is 11.4. The van der Waals surface area contributed by atoms with E-state index in [1.165, 1.54) is 20.5 Å². The third-order valence-electron chi connectivity index (χ3n) is 5.93. The third kappa shape index (κ3) is 4.71. The summed E-state index contributed by atoms with van der Waals surface area (Å²) in [5.74, 6) is 1.98. The minimum Gasteiger partial charge on any atom is -0.497 e. The molecule has 0 aliphatic carbocycles. The van der Waals surface area contributed by atoms with E-state index in [1.807, 2.05) is 13.0 Å². The van der Waals surface area contributed by atoms with Gasteiger partial charge in [-0.2, -0.15) is 13.2 Å². The van der Waals surface area contributed by atoms with E-state index >= 15 is 0 Å². The second kappa shape index (κ2) is 9.88. The number of halogens is 3. The molecule has 0 unspecified atom stereocenters. The Morgan fingerprint density at radius 1 is 0.889 bits per heavy atom. The molecule has 2 aromatic heterocycles. The molecule has 7 nitrogen and oxygen atoms in total. The van der Waals surface area contributed by atoms with Gasteiger partial charge >= 0.3 is 6.18 Å². The quantitative estimate of drug-likeness (QED) is 0.337. The number of aromatic nitrogens is 3. The molecular formula is C26H25F3N4O3. The van der Waals surface area contributed by atoms with Crippen LogP contribution >= 0.6 is 0 Å². The molecule has 0 saturated heterocycles. The predicted octanol–water partition coefficient (Wildman–Crippen LogP) is 5.97. The van der Waals surface area contributed by atoms with Crippen LogP contribution in [0.5, 0.6) is 17.2 Å². The Hall–Kier alpha value is -4.08. The number of anilines is 1. The smallest absolute Gasteiger partial charge is 0.433 e. The van der Waals surface area contributed by atoms with Crippen LogP contribution in [0, 0.1) is 13.8 Å². The standard InChI is InChI=1S/C26H25F3N4O3/c1-14-6-9-19(35-4)15(2)22(14)24-23-18(11-21(33-24)26(27,28)29)25(32-13-31-23)30-12-16-7-8-17(34-3)10-20(16)36-5/h6-11,13H,12H2,1-5H3,(H,30,31,32). The van der Waals surface area contributed by atoms with Crippen molar-refractivity contribution in [2.75, 3.05) is 26.6 Å². The summed E-state index contributed by atoms with van der Waals surface area (Å²) < 4.78 is 57.9. The molecule has 4 aromatic rings. The van der Waals surface area contributed by atoms with Crippen molar-refractivity contribution in [2.45, 2.75) is 26.6 Å². The molecule has 0 bridgehead atoms. The van der Waals surface area contributed by atoms with E-state index in [0.29, 0.717) is 33.9 Å². The number of hydrogen-bond donors (Lipinski definition) is 1. The van der Waals surface area contributed by atoms with Crippen LogP contribution < -0.4 is 19.5 Å². The molecule has 0 amide bonds. The second-order valence-corrected chi connectivity index (χ2v) is 8.09. The van der Waals surface area contributed by atoms with E-state index in [1.54, 1.807) is 38.3 Å². The van der Waals surface area contributed by atoms with Gasteiger partial charge in [0, 0.05) is 34.7 Å². The molecule has 0 radical (unpaired) electrons. The van der Waals surface area contributed by atoms with Crippen molar-refractivity contribution in [1.82, 2.24) is 15.0 Å². The zero-order valence-electron chi connectivity index (χ0n) is 20.4. The lowest BCUT2D eigenvalue weighted by molar-refractivity contribution is -0.141. The second-order valence-electron chi connectivity index (χ2n) is 8.09. The van der Waals surface area contributed by atoms with E-state index in [0.717, 1.165) is 17.2 Å². The van der Waals surface area contributed by atoms with Crippen LogP contribution in [0.3, 0.4) is 0 Å². The fraction of sp³-hybridized carbons (Fsp3) is 0.269. The minimum atomic E-state index is -4.67. The zero-order valence-corrected chi connectivity index (χ0v) is 20.4. The number of aryl methyl sites for hydroxylation is 1. The molecule has 0 aliphatic rings. The summed E-state index contributed by atoms with van der Waals surface area (Å²) in [4.78, 5) is 12.6. The number of rotatable bonds is 7. The fourth-order valence-electron chi connectivity index (χ4n) is 4.11. The van der Waals surface area contributed by atoms with Crippen LogP contribution in [0.2, 0.25) is 0 Å². The molecule has 0 atom stereocenters. The summed E-state index contributed by atoms with van der Waals surface area (Å²) >= 11 is 0. The maximum atomic E-state index is 13.9.